The van der Waals surface area contributed by atoms with Crippen LogP contribution in [0.1, 0.15) is 0 Å². The Labute approximate surface area is 105 Å². The molecule has 2 heterocycles. The fourth-order valence-corrected chi connectivity index (χ4v) is 2.34. The summed E-state index contributed by atoms with van der Waals surface area (Å²) in [6.07, 6.45) is -0.558. The number of nitrogen functional groups attached to an aromatic ring is 1. The number of nitrogens with two attached hydrogens (primary N) is 1. The highest BCUT2D eigenvalue weighted by Crippen LogP contribution is 2.44. The molecule has 98 valence electrons. The van der Waals surface area contributed by atoms with Gasteiger partial charge in [-0.2, -0.15) is 0 Å². The highest BCUT2D eigenvalue weighted by molar-refractivity contribution is 5.74. The van der Waals surface area contributed by atoms with Crippen LogP contribution >= 0.6 is 0 Å². The molecule has 1 unspecified atom stereocenters. The van der Waals surface area contributed by atoms with E-state index in [-0.39, 0.29) is 0 Å². The summed E-state index contributed by atoms with van der Waals surface area (Å²) < 4.78 is 11.2. The standard InChI is InChI=1S/C12H17N3O3/c13-8-1-2-9(12-11(8)17-5-6-18-12)15-4-3-14-7-10(15)16/h1-2,10,14,16H,3-7,13H2. The van der Waals surface area contributed by atoms with Gasteiger partial charge in [-0.1, -0.05) is 0 Å². The Hall–Kier alpha value is -1.66. The van der Waals surface area contributed by atoms with E-state index in [1.165, 1.54) is 0 Å². The Kier molecular flexibility index (Phi) is 2.89. The largest absolute Gasteiger partial charge is 0.484 e. The number of rotatable bonds is 1. The van der Waals surface area contributed by atoms with E-state index in [1.54, 1.807) is 6.07 Å². The van der Waals surface area contributed by atoms with E-state index in [4.69, 9.17) is 15.2 Å². The maximum absolute atomic E-state index is 10.0. The van der Waals surface area contributed by atoms with Crippen LogP contribution in [0.15, 0.2) is 12.1 Å². The highest BCUT2D eigenvalue weighted by Gasteiger charge is 2.27. The van der Waals surface area contributed by atoms with Crippen LogP contribution in [-0.2, 0) is 0 Å². The van der Waals surface area contributed by atoms with E-state index in [1.807, 2.05) is 11.0 Å². The molecule has 0 bridgehead atoms. The molecule has 18 heavy (non-hydrogen) atoms. The van der Waals surface area contributed by atoms with Gasteiger partial charge in [0.25, 0.3) is 0 Å². The predicted octanol–water partition coefficient (Wildman–Crippen LogP) is -0.232. The molecular weight excluding hydrogens is 234 g/mol. The predicted molar refractivity (Wildman–Crippen MR) is 68.1 cm³/mol. The molecule has 0 saturated carbocycles. The normalized spacial score (nSPS) is 22.9. The van der Waals surface area contributed by atoms with E-state index < -0.39 is 6.23 Å². The van der Waals surface area contributed by atoms with Crippen molar-refractivity contribution in [2.45, 2.75) is 6.23 Å². The van der Waals surface area contributed by atoms with Crippen LogP contribution in [0.2, 0.25) is 0 Å². The zero-order chi connectivity index (χ0) is 12.5. The second-order valence-corrected chi connectivity index (χ2v) is 4.41. The van der Waals surface area contributed by atoms with Crippen LogP contribution in [0.25, 0.3) is 0 Å². The molecule has 0 radical (unpaired) electrons. The minimum absolute atomic E-state index is 0.505. The lowest BCUT2D eigenvalue weighted by atomic mass is 10.2. The third kappa shape index (κ3) is 1.83. The summed E-state index contributed by atoms with van der Waals surface area (Å²) in [7, 11) is 0. The Morgan fingerprint density at radius 1 is 1.28 bits per heavy atom. The molecule has 0 aliphatic carbocycles. The van der Waals surface area contributed by atoms with Gasteiger partial charge in [-0.25, -0.2) is 0 Å². The fourth-order valence-electron chi connectivity index (χ4n) is 2.34. The van der Waals surface area contributed by atoms with Crippen molar-refractivity contribution in [3.8, 4) is 11.5 Å². The van der Waals surface area contributed by atoms with Crippen molar-refractivity contribution in [3.05, 3.63) is 12.1 Å². The number of hydrogen-bond donors (Lipinski definition) is 3. The summed E-state index contributed by atoms with van der Waals surface area (Å²) in [5, 5.41) is 13.2. The summed E-state index contributed by atoms with van der Waals surface area (Å²) in [4.78, 5) is 1.91. The first-order valence-corrected chi connectivity index (χ1v) is 6.11. The Balaban J connectivity index is 2.01. The van der Waals surface area contributed by atoms with Gasteiger partial charge in [-0.15, -0.1) is 0 Å². The molecule has 2 aliphatic rings. The van der Waals surface area contributed by atoms with Crippen molar-refractivity contribution >= 4 is 11.4 Å². The van der Waals surface area contributed by atoms with Gasteiger partial charge >= 0.3 is 0 Å². The molecule has 2 aliphatic heterocycles. The summed E-state index contributed by atoms with van der Waals surface area (Å²) in [6.45, 7) is 3.11. The third-order valence-corrected chi connectivity index (χ3v) is 3.22. The number of fused-ring (bicyclic) bond motifs is 1. The zero-order valence-corrected chi connectivity index (χ0v) is 10.1. The van der Waals surface area contributed by atoms with Crippen LogP contribution < -0.4 is 25.4 Å². The highest BCUT2D eigenvalue weighted by atomic mass is 16.6. The number of piperazine rings is 1. The molecule has 0 spiro atoms. The van der Waals surface area contributed by atoms with E-state index in [9.17, 15) is 5.11 Å². The summed E-state index contributed by atoms with van der Waals surface area (Å²) >= 11 is 0. The van der Waals surface area contributed by atoms with Crippen molar-refractivity contribution in [1.29, 1.82) is 0 Å². The van der Waals surface area contributed by atoms with Gasteiger partial charge in [0.1, 0.15) is 19.4 Å². The Morgan fingerprint density at radius 3 is 2.83 bits per heavy atom. The van der Waals surface area contributed by atoms with Crippen LogP contribution in [0.4, 0.5) is 11.4 Å². The number of anilines is 2. The molecule has 4 N–H and O–H groups in total. The number of nitrogens with one attached hydrogen (secondary N) is 1. The van der Waals surface area contributed by atoms with Gasteiger partial charge in [-0.05, 0) is 12.1 Å². The fraction of sp³-hybridized carbons (Fsp3) is 0.500. The molecule has 1 aromatic carbocycles. The molecule has 1 saturated heterocycles. The SMILES string of the molecule is Nc1ccc(N2CCNCC2O)c2c1OCCO2. The van der Waals surface area contributed by atoms with Crippen LogP contribution in [0.5, 0.6) is 11.5 Å². The lowest BCUT2D eigenvalue weighted by molar-refractivity contribution is 0.146. The van der Waals surface area contributed by atoms with Gasteiger partial charge in [0.05, 0.1) is 11.4 Å². The van der Waals surface area contributed by atoms with Crippen molar-refractivity contribution in [2.75, 3.05) is 43.5 Å². The average Bonchev–Trinajstić information content (AvgIpc) is 2.41. The van der Waals surface area contributed by atoms with Crippen molar-refractivity contribution in [2.24, 2.45) is 0 Å². The third-order valence-electron chi connectivity index (χ3n) is 3.22. The monoisotopic (exact) mass is 251 g/mol. The molecule has 6 heteroatoms. The van der Waals surface area contributed by atoms with E-state index >= 15 is 0 Å². The first kappa shape index (κ1) is 11.4. The van der Waals surface area contributed by atoms with Gasteiger partial charge < -0.3 is 30.5 Å². The number of nitrogens with zero attached hydrogens (tertiary/aromatic N) is 1. The molecule has 1 atom stereocenters. The van der Waals surface area contributed by atoms with E-state index in [2.05, 4.69) is 5.32 Å². The molecule has 3 rings (SSSR count). The number of β-amino-alcohol motifs (C(OH)–C–C–N with tert-alkyl or cyclic N) is 1. The first-order chi connectivity index (χ1) is 8.77. The number of hydrogen-bond acceptors (Lipinski definition) is 6. The van der Waals surface area contributed by atoms with Gasteiger partial charge in [0.15, 0.2) is 11.5 Å². The maximum Gasteiger partial charge on any atom is 0.186 e. The van der Waals surface area contributed by atoms with Gasteiger partial charge in [0.2, 0.25) is 0 Å². The number of aliphatic hydroxyl groups excluding tert-OH is 1. The first-order valence-electron chi connectivity index (χ1n) is 6.11. The van der Waals surface area contributed by atoms with Crippen LogP contribution in [-0.4, -0.2) is 44.2 Å². The number of ether oxygens (including phenoxy) is 2. The summed E-state index contributed by atoms with van der Waals surface area (Å²) in [5.41, 5.74) is 7.28. The smallest absolute Gasteiger partial charge is 0.186 e. The van der Waals surface area contributed by atoms with Crippen molar-refractivity contribution in [3.63, 3.8) is 0 Å². The average molecular weight is 251 g/mol. The quantitative estimate of drug-likeness (QED) is 0.598. The Bertz CT molecular complexity index is 452. The van der Waals surface area contributed by atoms with E-state index in [0.717, 1.165) is 18.8 Å². The van der Waals surface area contributed by atoms with E-state index in [0.29, 0.717) is 36.9 Å². The van der Waals surface area contributed by atoms with Crippen molar-refractivity contribution in [1.82, 2.24) is 5.32 Å². The van der Waals surface area contributed by atoms with Gasteiger partial charge in [-0.3, -0.25) is 0 Å². The number of benzene rings is 1. The molecular formula is C12H17N3O3. The number of aliphatic hydroxyl groups is 1. The lowest BCUT2D eigenvalue weighted by Gasteiger charge is -2.36. The minimum Gasteiger partial charge on any atom is -0.484 e. The second kappa shape index (κ2) is 4.55. The van der Waals surface area contributed by atoms with Crippen molar-refractivity contribution < 1.29 is 14.6 Å². The minimum atomic E-state index is -0.558. The summed E-state index contributed by atoms with van der Waals surface area (Å²) in [6, 6.07) is 3.66. The summed E-state index contributed by atoms with van der Waals surface area (Å²) in [5.74, 6) is 1.23. The van der Waals surface area contributed by atoms with Crippen LogP contribution in [0.3, 0.4) is 0 Å². The van der Waals surface area contributed by atoms with Crippen LogP contribution in [0, 0.1) is 0 Å². The maximum atomic E-state index is 10.0. The van der Waals surface area contributed by atoms with Gasteiger partial charge in [0, 0.05) is 19.6 Å². The molecule has 0 aromatic heterocycles. The topological polar surface area (TPSA) is 80.0 Å². The molecule has 1 aromatic rings. The Morgan fingerprint density at radius 2 is 2.06 bits per heavy atom. The molecule has 1 fully saturated rings. The molecule has 0 amide bonds. The zero-order valence-electron chi connectivity index (χ0n) is 10.1. The molecule has 6 nitrogen and oxygen atoms in total. The lowest BCUT2D eigenvalue weighted by Crippen LogP contribution is -2.51. The second-order valence-electron chi connectivity index (χ2n) is 4.41.